The smallest absolute Gasteiger partial charge is 0.314 e. The highest BCUT2D eigenvalue weighted by Crippen LogP contribution is 2.32. The molecule has 0 unspecified atom stereocenters. The van der Waals surface area contributed by atoms with Gasteiger partial charge in [-0.3, -0.25) is 0 Å². The second-order valence-corrected chi connectivity index (χ2v) is 6.27. The topological polar surface area (TPSA) is 59.4 Å². The van der Waals surface area contributed by atoms with E-state index < -0.39 is 12.0 Å². The number of rotatable bonds is 3. The molecule has 2 aromatic carbocycles. The van der Waals surface area contributed by atoms with Crippen LogP contribution in [0.1, 0.15) is 22.8 Å². The van der Waals surface area contributed by atoms with Crippen LogP contribution in [0.25, 0.3) is 16.7 Å². The highest BCUT2D eigenvalue weighted by Gasteiger charge is 2.38. The molecule has 0 bridgehead atoms. The fraction of sp³-hybridized carbons (Fsp3) is 0.150. The van der Waals surface area contributed by atoms with Crippen molar-refractivity contribution in [1.82, 2.24) is 19.3 Å². The molecule has 0 amide bonds. The lowest BCUT2D eigenvalue weighted by molar-refractivity contribution is -0.146. The van der Waals surface area contributed by atoms with E-state index in [0.29, 0.717) is 22.6 Å². The third-order valence-corrected chi connectivity index (χ3v) is 4.48. The molecule has 0 atom stereocenters. The second-order valence-electron chi connectivity index (χ2n) is 6.27. The fourth-order valence-corrected chi connectivity index (χ4v) is 3.25. The summed E-state index contributed by atoms with van der Waals surface area (Å²) in [7, 11) is 0. The molecule has 0 fully saturated rings. The van der Waals surface area contributed by atoms with Gasteiger partial charge in [0.05, 0.1) is 40.2 Å². The maximum atomic E-state index is 13.6. The Morgan fingerprint density at radius 3 is 2.39 bits per heavy atom. The van der Waals surface area contributed by atoms with Crippen LogP contribution in [0.5, 0.6) is 0 Å². The number of para-hydroxylation sites is 3. The van der Waals surface area contributed by atoms with E-state index in [0.717, 1.165) is 4.57 Å². The van der Waals surface area contributed by atoms with Gasteiger partial charge in [-0.25, -0.2) is 9.67 Å². The summed E-state index contributed by atoms with van der Waals surface area (Å²) >= 11 is 0. The number of nitriles is 1. The van der Waals surface area contributed by atoms with Gasteiger partial charge < -0.3 is 4.57 Å². The predicted octanol–water partition coefficient (Wildman–Crippen LogP) is 4.47. The molecule has 0 spiro atoms. The molecule has 5 nitrogen and oxygen atoms in total. The van der Waals surface area contributed by atoms with Crippen LogP contribution in [-0.2, 0) is 12.7 Å². The maximum absolute atomic E-state index is 13.6. The van der Waals surface area contributed by atoms with E-state index in [1.54, 1.807) is 49.4 Å². The van der Waals surface area contributed by atoms with Crippen LogP contribution in [-0.4, -0.2) is 19.3 Å². The summed E-state index contributed by atoms with van der Waals surface area (Å²) in [6.07, 6.45) is -4.63. The van der Waals surface area contributed by atoms with E-state index >= 15 is 0 Å². The second kappa shape index (κ2) is 6.53. The van der Waals surface area contributed by atoms with Crippen molar-refractivity contribution >= 4 is 11.0 Å². The van der Waals surface area contributed by atoms with Crippen molar-refractivity contribution in [1.29, 1.82) is 5.26 Å². The minimum atomic E-state index is -4.63. The van der Waals surface area contributed by atoms with Crippen molar-refractivity contribution < 1.29 is 13.2 Å². The average Bonchev–Trinajstić information content (AvgIpc) is 3.20. The van der Waals surface area contributed by atoms with Crippen LogP contribution in [0.15, 0.2) is 54.6 Å². The highest BCUT2D eigenvalue weighted by molar-refractivity contribution is 5.76. The Bertz CT molecular complexity index is 1200. The monoisotopic (exact) mass is 381 g/mol. The third-order valence-electron chi connectivity index (χ3n) is 4.48. The molecule has 0 aliphatic rings. The molecule has 8 heteroatoms. The van der Waals surface area contributed by atoms with E-state index in [-0.39, 0.29) is 17.6 Å². The first-order valence-corrected chi connectivity index (χ1v) is 8.46. The van der Waals surface area contributed by atoms with Crippen molar-refractivity contribution in [2.75, 3.05) is 0 Å². The number of aromatic nitrogens is 4. The van der Waals surface area contributed by atoms with Crippen LogP contribution >= 0.6 is 0 Å². The quantitative estimate of drug-likeness (QED) is 0.526. The standard InChI is InChI=1S/C20H14F3N5/c1-13-15(11-24)18(28(26-13)14-7-3-2-4-8-14)12-27-17-10-6-5-9-16(17)25-19(27)20(21,22)23/h2-10H,12H2,1H3. The Labute approximate surface area is 158 Å². The third kappa shape index (κ3) is 2.91. The Kier molecular flexibility index (Phi) is 4.15. The van der Waals surface area contributed by atoms with E-state index in [1.807, 2.05) is 6.07 Å². The zero-order valence-corrected chi connectivity index (χ0v) is 14.8. The van der Waals surface area contributed by atoms with E-state index in [9.17, 15) is 18.4 Å². The summed E-state index contributed by atoms with van der Waals surface area (Å²) in [5, 5.41) is 14.0. The molecule has 2 aromatic heterocycles. The number of benzene rings is 2. The molecule has 4 aromatic rings. The van der Waals surface area contributed by atoms with Gasteiger partial charge in [-0.1, -0.05) is 30.3 Å². The van der Waals surface area contributed by atoms with Gasteiger partial charge in [0.25, 0.3) is 0 Å². The number of alkyl halides is 3. The van der Waals surface area contributed by atoms with Crippen molar-refractivity contribution in [2.24, 2.45) is 0 Å². The summed E-state index contributed by atoms with van der Waals surface area (Å²) < 4.78 is 43.5. The number of aryl methyl sites for hydroxylation is 1. The van der Waals surface area contributed by atoms with Gasteiger partial charge >= 0.3 is 6.18 Å². The number of hydrogen-bond acceptors (Lipinski definition) is 3. The van der Waals surface area contributed by atoms with Gasteiger partial charge in [0, 0.05) is 0 Å². The summed E-state index contributed by atoms with van der Waals surface area (Å²) in [5.74, 6) is -1.00. The van der Waals surface area contributed by atoms with E-state index in [4.69, 9.17) is 0 Å². The normalized spacial score (nSPS) is 11.7. The average molecular weight is 381 g/mol. The Morgan fingerprint density at radius 1 is 1.04 bits per heavy atom. The largest absolute Gasteiger partial charge is 0.449 e. The number of imidazole rings is 1. The summed E-state index contributed by atoms with van der Waals surface area (Å²) in [6.45, 7) is 1.48. The molecule has 0 aliphatic heterocycles. The minimum absolute atomic E-state index is 0.187. The molecule has 0 saturated heterocycles. The zero-order chi connectivity index (χ0) is 19.9. The Balaban J connectivity index is 1.95. The molecular formula is C20H14F3N5. The molecule has 140 valence electrons. The molecule has 0 aliphatic carbocycles. The number of fused-ring (bicyclic) bond motifs is 1. The lowest BCUT2D eigenvalue weighted by Crippen LogP contribution is -2.17. The van der Waals surface area contributed by atoms with Crippen LogP contribution in [0.3, 0.4) is 0 Å². The van der Waals surface area contributed by atoms with Crippen LogP contribution in [0.2, 0.25) is 0 Å². The van der Waals surface area contributed by atoms with Crippen LogP contribution in [0.4, 0.5) is 13.2 Å². The van der Waals surface area contributed by atoms with Crippen LogP contribution in [0, 0.1) is 18.3 Å². The fourth-order valence-electron chi connectivity index (χ4n) is 3.25. The Hall–Kier alpha value is -3.60. The van der Waals surface area contributed by atoms with Gasteiger partial charge in [-0.15, -0.1) is 0 Å². The molecule has 0 N–H and O–H groups in total. The van der Waals surface area contributed by atoms with Crippen molar-refractivity contribution in [3.63, 3.8) is 0 Å². The number of hydrogen-bond donors (Lipinski definition) is 0. The van der Waals surface area contributed by atoms with Crippen molar-refractivity contribution in [2.45, 2.75) is 19.6 Å². The van der Waals surface area contributed by atoms with E-state index in [1.165, 1.54) is 10.7 Å². The van der Waals surface area contributed by atoms with Gasteiger partial charge in [0.2, 0.25) is 5.82 Å². The lowest BCUT2D eigenvalue weighted by atomic mass is 10.2. The molecular weight excluding hydrogens is 367 g/mol. The first-order chi connectivity index (χ1) is 13.4. The lowest BCUT2D eigenvalue weighted by Gasteiger charge is -2.13. The Morgan fingerprint density at radius 2 is 1.71 bits per heavy atom. The minimum Gasteiger partial charge on any atom is -0.314 e. The highest BCUT2D eigenvalue weighted by atomic mass is 19.4. The molecule has 4 rings (SSSR count). The molecule has 28 heavy (non-hydrogen) atoms. The zero-order valence-electron chi connectivity index (χ0n) is 14.8. The molecule has 0 saturated carbocycles. The van der Waals surface area contributed by atoms with Gasteiger partial charge in [-0.2, -0.15) is 23.5 Å². The number of halogens is 3. The first-order valence-electron chi connectivity index (χ1n) is 8.46. The van der Waals surface area contributed by atoms with Gasteiger partial charge in [0.1, 0.15) is 6.07 Å². The van der Waals surface area contributed by atoms with Crippen molar-refractivity contribution in [3.8, 4) is 11.8 Å². The molecule has 2 heterocycles. The van der Waals surface area contributed by atoms with Crippen molar-refractivity contribution in [3.05, 3.63) is 77.4 Å². The molecule has 0 radical (unpaired) electrons. The van der Waals surface area contributed by atoms with Crippen LogP contribution < -0.4 is 0 Å². The van der Waals surface area contributed by atoms with Gasteiger partial charge in [0.15, 0.2) is 0 Å². The first kappa shape index (κ1) is 17.8. The predicted molar refractivity (Wildman–Crippen MR) is 96.9 cm³/mol. The summed E-state index contributed by atoms with van der Waals surface area (Å²) in [6, 6.07) is 17.5. The SMILES string of the molecule is Cc1nn(-c2ccccc2)c(Cn2c(C(F)(F)F)nc3ccccc32)c1C#N. The van der Waals surface area contributed by atoms with E-state index in [2.05, 4.69) is 16.2 Å². The summed E-state index contributed by atoms with van der Waals surface area (Å²) in [5.41, 5.74) is 2.35. The number of nitrogens with zero attached hydrogens (tertiary/aromatic N) is 5. The maximum Gasteiger partial charge on any atom is 0.449 e. The van der Waals surface area contributed by atoms with Gasteiger partial charge in [-0.05, 0) is 31.2 Å². The summed E-state index contributed by atoms with van der Waals surface area (Å²) in [4.78, 5) is 3.77.